The number of hydrogen-bond acceptors (Lipinski definition) is 4. The molecule has 2 aromatic rings. The zero-order valence-corrected chi connectivity index (χ0v) is 9.85. The number of pyridine rings is 1. The fourth-order valence-corrected chi connectivity index (χ4v) is 1.95. The van der Waals surface area contributed by atoms with Crippen LogP contribution in [0, 0.1) is 0 Å². The molecule has 0 spiro atoms. The quantitative estimate of drug-likeness (QED) is 0.660. The van der Waals surface area contributed by atoms with Crippen LogP contribution in [0.5, 0.6) is 0 Å². The first-order chi connectivity index (χ1) is 8.34. The average molecular weight is 245 g/mol. The number of thiophene rings is 1. The molecule has 0 atom stereocenters. The van der Waals surface area contributed by atoms with Crippen molar-refractivity contribution >= 4 is 23.5 Å². The smallest absolute Gasteiger partial charge is 0.245 e. The van der Waals surface area contributed by atoms with Gasteiger partial charge < -0.3 is 0 Å². The molecule has 2 rings (SSSR count). The second-order valence-corrected chi connectivity index (χ2v) is 4.37. The van der Waals surface area contributed by atoms with E-state index in [2.05, 4.69) is 15.5 Å². The minimum absolute atomic E-state index is 0.118. The monoisotopic (exact) mass is 245 g/mol. The normalized spacial score (nSPS) is 10.6. The lowest BCUT2D eigenvalue weighted by Gasteiger charge is -1.96. The minimum Gasteiger partial charge on any atom is -0.273 e. The van der Waals surface area contributed by atoms with E-state index >= 15 is 0 Å². The van der Waals surface area contributed by atoms with Crippen LogP contribution in [0.2, 0.25) is 0 Å². The molecule has 4 nitrogen and oxygen atoms in total. The number of carbonyl (C=O) groups is 1. The van der Waals surface area contributed by atoms with E-state index < -0.39 is 0 Å². The molecule has 0 saturated heterocycles. The number of carbonyl (C=O) groups excluding carboxylic acids is 1. The molecule has 0 bridgehead atoms. The summed E-state index contributed by atoms with van der Waals surface area (Å²) in [5.41, 5.74) is 3.33. The highest BCUT2D eigenvalue weighted by Gasteiger charge is 2.01. The molecule has 5 heteroatoms. The van der Waals surface area contributed by atoms with Gasteiger partial charge in [0, 0.05) is 22.8 Å². The Hall–Kier alpha value is -2.01. The molecule has 0 aliphatic rings. The molecule has 0 aliphatic heterocycles. The lowest BCUT2D eigenvalue weighted by Crippen LogP contribution is -2.19. The summed E-state index contributed by atoms with van der Waals surface area (Å²) in [6, 6.07) is 7.53. The Labute approximate surface area is 103 Å². The van der Waals surface area contributed by atoms with E-state index in [9.17, 15) is 4.79 Å². The van der Waals surface area contributed by atoms with Gasteiger partial charge in [0.25, 0.3) is 0 Å². The Morgan fingerprint density at radius 2 is 2.41 bits per heavy atom. The first-order valence-corrected chi connectivity index (χ1v) is 5.97. The largest absolute Gasteiger partial charge is 0.273 e. The molecular formula is C12H11N3OS. The van der Waals surface area contributed by atoms with Crippen LogP contribution in [0.15, 0.2) is 47.1 Å². The zero-order chi connectivity index (χ0) is 11.9. The molecule has 86 valence electrons. The summed E-state index contributed by atoms with van der Waals surface area (Å²) >= 11 is 1.56. The van der Waals surface area contributed by atoms with E-state index in [1.54, 1.807) is 29.9 Å². The molecule has 0 unspecified atom stereocenters. The van der Waals surface area contributed by atoms with Crippen LogP contribution in [-0.2, 0) is 11.2 Å². The topological polar surface area (TPSA) is 54.4 Å². The SMILES string of the molecule is O=C(Cc1cccs1)NN=Cc1cccnc1. The van der Waals surface area contributed by atoms with Crippen molar-refractivity contribution in [1.82, 2.24) is 10.4 Å². The van der Waals surface area contributed by atoms with E-state index in [4.69, 9.17) is 0 Å². The predicted molar refractivity (Wildman–Crippen MR) is 68.0 cm³/mol. The molecule has 2 heterocycles. The van der Waals surface area contributed by atoms with E-state index in [-0.39, 0.29) is 5.91 Å². The first kappa shape index (κ1) is 11.5. The number of amides is 1. The van der Waals surface area contributed by atoms with Crippen LogP contribution < -0.4 is 5.43 Å². The predicted octanol–water partition coefficient (Wildman–Crippen LogP) is 1.84. The molecule has 1 amide bonds. The maximum absolute atomic E-state index is 11.5. The van der Waals surface area contributed by atoms with Gasteiger partial charge in [0.1, 0.15) is 0 Å². The van der Waals surface area contributed by atoms with E-state index in [0.29, 0.717) is 6.42 Å². The fourth-order valence-electron chi connectivity index (χ4n) is 1.24. The van der Waals surface area contributed by atoms with Gasteiger partial charge in [0.2, 0.25) is 5.91 Å². The summed E-state index contributed by atoms with van der Waals surface area (Å²) in [5.74, 6) is -0.118. The van der Waals surface area contributed by atoms with Gasteiger partial charge in [-0.25, -0.2) is 5.43 Å². The Bertz CT molecular complexity index is 494. The molecule has 17 heavy (non-hydrogen) atoms. The molecular weight excluding hydrogens is 234 g/mol. The summed E-state index contributed by atoms with van der Waals surface area (Å²) in [4.78, 5) is 16.4. The van der Waals surface area contributed by atoms with Crippen LogP contribution >= 0.6 is 11.3 Å². The van der Waals surface area contributed by atoms with Gasteiger partial charge in [0.05, 0.1) is 12.6 Å². The van der Waals surface area contributed by atoms with Crippen molar-refractivity contribution in [3.05, 3.63) is 52.5 Å². The number of aromatic nitrogens is 1. The molecule has 0 aromatic carbocycles. The highest BCUT2D eigenvalue weighted by atomic mass is 32.1. The summed E-state index contributed by atoms with van der Waals surface area (Å²) in [6.07, 6.45) is 5.29. The summed E-state index contributed by atoms with van der Waals surface area (Å²) in [5, 5.41) is 5.81. The van der Waals surface area contributed by atoms with Crippen molar-refractivity contribution in [3.8, 4) is 0 Å². The van der Waals surface area contributed by atoms with Gasteiger partial charge in [-0.1, -0.05) is 12.1 Å². The third-order valence-electron chi connectivity index (χ3n) is 2.00. The van der Waals surface area contributed by atoms with Crippen LogP contribution in [0.3, 0.4) is 0 Å². The number of nitrogens with one attached hydrogen (secondary N) is 1. The van der Waals surface area contributed by atoms with Gasteiger partial charge in [0.15, 0.2) is 0 Å². The first-order valence-electron chi connectivity index (χ1n) is 5.09. The lowest BCUT2D eigenvalue weighted by atomic mass is 10.3. The highest BCUT2D eigenvalue weighted by Crippen LogP contribution is 2.08. The molecule has 0 fully saturated rings. The van der Waals surface area contributed by atoms with Crippen LogP contribution in [0.1, 0.15) is 10.4 Å². The summed E-state index contributed by atoms with van der Waals surface area (Å²) in [7, 11) is 0. The van der Waals surface area contributed by atoms with Gasteiger partial charge in [-0.15, -0.1) is 11.3 Å². The zero-order valence-electron chi connectivity index (χ0n) is 9.04. The highest BCUT2D eigenvalue weighted by molar-refractivity contribution is 7.10. The van der Waals surface area contributed by atoms with Gasteiger partial charge in [-0.05, 0) is 17.5 Å². The molecule has 1 N–H and O–H groups in total. The second-order valence-electron chi connectivity index (χ2n) is 3.34. The Morgan fingerprint density at radius 1 is 1.47 bits per heavy atom. The summed E-state index contributed by atoms with van der Waals surface area (Å²) < 4.78 is 0. The van der Waals surface area contributed by atoms with Gasteiger partial charge in [-0.3, -0.25) is 9.78 Å². The third-order valence-corrected chi connectivity index (χ3v) is 2.88. The van der Waals surface area contributed by atoms with Crippen molar-refractivity contribution < 1.29 is 4.79 Å². The minimum atomic E-state index is -0.118. The molecule has 0 aliphatic carbocycles. The van der Waals surface area contributed by atoms with E-state index in [0.717, 1.165) is 10.4 Å². The maximum Gasteiger partial charge on any atom is 0.245 e. The van der Waals surface area contributed by atoms with E-state index in [1.165, 1.54) is 0 Å². The van der Waals surface area contributed by atoms with Crippen molar-refractivity contribution in [2.75, 3.05) is 0 Å². The molecule has 2 aromatic heterocycles. The van der Waals surface area contributed by atoms with Crippen LogP contribution in [0.25, 0.3) is 0 Å². The van der Waals surface area contributed by atoms with Crippen molar-refractivity contribution in [2.24, 2.45) is 5.10 Å². The number of hydrogen-bond donors (Lipinski definition) is 1. The van der Waals surface area contributed by atoms with Crippen molar-refractivity contribution in [1.29, 1.82) is 0 Å². The number of nitrogens with zero attached hydrogens (tertiary/aromatic N) is 2. The van der Waals surface area contributed by atoms with Crippen LogP contribution in [-0.4, -0.2) is 17.1 Å². The number of hydrazone groups is 1. The second kappa shape index (κ2) is 5.91. The van der Waals surface area contributed by atoms with Crippen molar-refractivity contribution in [2.45, 2.75) is 6.42 Å². The standard InChI is InChI=1S/C12H11N3OS/c16-12(7-11-4-2-6-17-11)15-14-9-10-3-1-5-13-8-10/h1-6,8-9H,7H2,(H,15,16). The Kier molecular flexibility index (Phi) is 3.99. The van der Waals surface area contributed by atoms with E-state index in [1.807, 2.05) is 29.6 Å². The third kappa shape index (κ3) is 3.81. The lowest BCUT2D eigenvalue weighted by molar-refractivity contribution is -0.120. The van der Waals surface area contributed by atoms with Gasteiger partial charge in [-0.2, -0.15) is 5.10 Å². The Balaban J connectivity index is 1.82. The van der Waals surface area contributed by atoms with Crippen LogP contribution in [0.4, 0.5) is 0 Å². The molecule has 0 saturated carbocycles. The summed E-state index contributed by atoms with van der Waals surface area (Å²) in [6.45, 7) is 0. The average Bonchev–Trinajstić information content (AvgIpc) is 2.83. The van der Waals surface area contributed by atoms with Gasteiger partial charge >= 0.3 is 0 Å². The number of rotatable bonds is 4. The van der Waals surface area contributed by atoms with Crippen molar-refractivity contribution in [3.63, 3.8) is 0 Å². The Morgan fingerprint density at radius 3 is 3.12 bits per heavy atom. The molecule has 0 radical (unpaired) electrons. The fraction of sp³-hybridized carbons (Fsp3) is 0.0833. The maximum atomic E-state index is 11.5.